The van der Waals surface area contributed by atoms with Crippen LogP contribution in [-0.4, -0.2) is 36.6 Å². The van der Waals surface area contributed by atoms with Gasteiger partial charge in [-0.1, -0.05) is 0 Å². The van der Waals surface area contributed by atoms with Crippen LogP contribution in [0.15, 0.2) is 16.9 Å². The van der Waals surface area contributed by atoms with Crippen molar-refractivity contribution in [3.05, 3.63) is 22.4 Å². The van der Waals surface area contributed by atoms with E-state index in [9.17, 15) is 0 Å². The molecule has 0 bridgehead atoms. The van der Waals surface area contributed by atoms with Gasteiger partial charge in [-0.2, -0.15) is 0 Å². The highest BCUT2D eigenvalue weighted by atomic mass is 79.9. The van der Waals surface area contributed by atoms with E-state index in [4.69, 9.17) is 0 Å². The molecule has 0 saturated carbocycles. The van der Waals surface area contributed by atoms with E-state index in [2.05, 4.69) is 51.2 Å². The summed E-state index contributed by atoms with van der Waals surface area (Å²) in [5, 5.41) is 3.49. The molecule has 1 aromatic heterocycles. The number of halogens is 1. The number of hydrogen-bond donors (Lipinski definition) is 1. The molecular formula is C13H20BrN3. The first-order chi connectivity index (χ1) is 8.15. The number of likely N-dealkylation sites (tertiary alicyclic amines) is 1. The van der Waals surface area contributed by atoms with Crippen LogP contribution in [0.3, 0.4) is 0 Å². The number of aromatic nitrogens is 1. The van der Waals surface area contributed by atoms with Crippen LogP contribution in [0.25, 0.3) is 0 Å². The fourth-order valence-electron chi connectivity index (χ4n) is 2.36. The van der Waals surface area contributed by atoms with Crippen LogP contribution < -0.4 is 5.32 Å². The molecule has 17 heavy (non-hydrogen) atoms. The lowest BCUT2D eigenvalue weighted by atomic mass is 9.98. The maximum atomic E-state index is 4.30. The molecule has 1 fully saturated rings. The molecule has 1 unspecified atom stereocenters. The second-order valence-corrected chi connectivity index (χ2v) is 5.73. The molecule has 0 radical (unpaired) electrons. The van der Waals surface area contributed by atoms with Crippen LogP contribution in [0.2, 0.25) is 0 Å². The van der Waals surface area contributed by atoms with Gasteiger partial charge in [-0.15, -0.1) is 0 Å². The van der Waals surface area contributed by atoms with Gasteiger partial charge in [-0.05, 0) is 66.8 Å². The molecule has 0 aromatic carbocycles. The fourth-order valence-corrected chi connectivity index (χ4v) is 2.57. The van der Waals surface area contributed by atoms with Gasteiger partial charge in [0.05, 0.1) is 11.9 Å². The molecule has 1 N–H and O–H groups in total. The minimum Gasteiger partial charge on any atom is -0.383 e. The zero-order chi connectivity index (χ0) is 12.3. The van der Waals surface area contributed by atoms with Crippen molar-refractivity contribution in [3.8, 4) is 0 Å². The number of nitrogens with zero attached hydrogens (tertiary/aromatic N) is 2. The number of nitrogens with one attached hydrogen (secondary N) is 1. The maximum Gasteiger partial charge on any atom is 0.109 e. The van der Waals surface area contributed by atoms with Gasteiger partial charge in [-0.25, -0.2) is 4.98 Å². The Bertz CT molecular complexity index is 381. The lowest BCUT2D eigenvalue weighted by molar-refractivity contribution is 0.217. The van der Waals surface area contributed by atoms with Gasteiger partial charge < -0.3 is 10.2 Å². The standard InChI is InChI=1S/C13H20BrN3/c1-10-6-12(8-16-13(10)14)15-7-11-4-3-5-17(2)9-11/h6,8,11,15H,3-5,7,9H2,1-2H3. The van der Waals surface area contributed by atoms with Gasteiger partial charge in [0.2, 0.25) is 0 Å². The lowest BCUT2D eigenvalue weighted by Crippen LogP contribution is -2.35. The molecule has 1 aliphatic heterocycles. The zero-order valence-corrected chi connectivity index (χ0v) is 12.1. The predicted molar refractivity (Wildman–Crippen MR) is 75.4 cm³/mol. The first-order valence-electron chi connectivity index (χ1n) is 6.19. The van der Waals surface area contributed by atoms with Crippen molar-refractivity contribution < 1.29 is 0 Å². The summed E-state index contributed by atoms with van der Waals surface area (Å²) in [5.41, 5.74) is 2.30. The number of aryl methyl sites for hydroxylation is 1. The molecule has 0 amide bonds. The van der Waals surface area contributed by atoms with Crippen LogP contribution in [0.4, 0.5) is 5.69 Å². The topological polar surface area (TPSA) is 28.2 Å². The smallest absolute Gasteiger partial charge is 0.109 e. The van der Waals surface area contributed by atoms with Crippen molar-refractivity contribution in [2.24, 2.45) is 5.92 Å². The molecular weight excluding hydrogens is 278 g/mol. The summed E-state index contributed by atoms with van der Waals surface area (Å²) < 4.78 is 0.931. The third-order valence-electron chi connectivity index (χ3n) is 3.33. The van der Waals surface area contributed by atoms with E-state index in [0.29, 0.717) is 0 Å². The Morgan fingerprint density at radius 2 is 2.41 bits per heavy atom. The van der Waals surface area contributed by atoms with E-state index in [-0.39, 0.29) is 0 Å². The normalized spacial score (nSPS) is 21.5. The van der Waals surface area contributed by atoms with Crippen molar-refractivity contribution in [1.82, 2.24) is 9.88 Å². The Morgan fingerprint density at radius 3 is 3.12 bits per heavy atom. The largest absolute Gasteiger partial charge is 0.383 e. The summed E-state index contributed by atoms with van der Waals surface area (Å²) in [6.45, 7) is 5.56. The first kappa shape index (κ1) is 12.8. The fraction of sp³-hybridized carbons (Fsp3) is 0.615. The summed E-state index contributed by atoms with van der Waals surface area (Å²) in [6, 6.07) is 2.14. The molecule has 2 rings (SSSR count). The Hall–Kier alpha value is -0.610. The average Bonchev–Trinajstić information content (AvgIpc) is 2.31. The summed E-state index contributed by atoms with van der Waals surface area (Å²) in [4.78, 5) is 6.72. The molecule has 1 aromatic rings. The lowest BCUT2D eigenvalue weighted by Gasteiger charge is -2.29. The van der Waals surface area contributed by atoms with Crippen molar-refractivity contribution in [3.63, 3.8) is 0 Å². The van der Waals surface area contributed by atoms with Crippen molar-refractivity contribution in [1.29, 1.82) is 0 Å². The summed E-state index contributed by atoms with van der Waals surface area (Å²) in [7, 11) is 2.21. The molecule has 1 saturated heterocycles. The average molecular weight is 298 g/mol. The van der Waals surface area contributed by atoms with E-state index in [1.807, 2.05) is 6.20 Å². The molecule has 1 aliphatic rings. The predicted octanol–water partition coefficient (Wildman–Crippen LogP) is 2.91. The monoisotopic (exact) mass is 297 g/mol. The summed E-state index contributed by atoms with van der Waals surface area (Å²) in [6.07, 6.45) is 4.55. The van der Waals surface area contributed by atoms with E-state index in [1.54, 1.807) is 0 Å². The van der Waals surface area contributed by atoms with Crippen molar-refractivity contribution in [2.45, 2.75) is 19.8 Å². The Morgan fingerprint density at radius 1 is 1.59 bits per heavy atom. The molecule has 1 atom stereocenters. The summed E-state index contributed by atoms with van der Waals surface area (Å²) >= 11 is 3.42. The maximum absolute atomic E-state index is 4.30. The molecule has 94 valence electrons. The van der Waals surface area contributed by atoms with Gasteiger partial charge in [-0.3, -0.25) is 0 Å². The number of hydrogen-bond acceptors (Lipinski definition) is 3. The minimum atomic E-state index is 0.762. The molecule has 0 aliphatic carbocycles. The van der Waals surface area contributed by atoms with Crippen molar-refractivity contribution in [2.75, 3.05) is 32.0 Å². The quantitative estimate of drug-likeness (QED) is 0.870. The number of piperidine rings is 1. The molecule has 0 spiro atoms. The van der Waals surface area contributed by atoms with Gasteiger partial charge in [0, 0.05) is 13.1 Å². The highest BCUT2D eigenvalue weighted by Crippen LogP contribution is 2.19. The number of rotatable bonds is 3. The van der Waals surface area contributed by atoms with Crippen LogP contribution >= 0.6 is 15.9 Å². The molecule has 4 heteroatoms. The second kappa shape index (κ2) is 5.83. The van der Waals surface area contributed by atoms with Crippen LogP contribution in [-0.2, 0) is 0 Å². The Kier molecular flexibility index (Phi) is 4.40. The van der Waals surface area contributed by atoms with Crippen molar-refractivity contribution >= 4 is 21.6 Å². The Balaban J connectivity index is 1.86. The zero-order valence-electron chi connectivity index (χ0n) is 10.5. The Labute approximate surface area is 112 Å². The third-order valence-corrected chi connectivity index (χ3v) is 4.16. The SMILES string of the molecule is Cc1cc(NCC2CCCN(C)C2)cnc1Br. The van der Waals surface area contributed by atoms with Gasteiger partial charge in [0.15, 0.2) is 0 Å². The highest BCUT2D eigenvalue weighted by molar-refractivity contribution is 9.10. The van der Waals surface area contributed by atoms with Crippen LogP contribution in [0, 0.1) is 12.8 Å². The van der Waals surface area contributed by atoms with Gasteiger partial charge in [0.25, 0.3) is 0 Å². The van der Waals surface area contributed by atoms with Crippen LogP contribution in [0.1, 0.15) is 18.4 Å². The number of pyridine rings is 1. The second-order valence-electron chi connectivity index (χ2n) is 4.98. The molecule has 2 heterocycles. The number of anilines is 1. The van der Waals surface area contributed by atoms with E-state index < -0.39 is 0 Å². The van der Waals surface area contributed by atoms with Gasteiger partial charge in [0.1, 0.15) is 4.60 Å². The van der Waals surface area contributed by atoms with Crippen LogP contribution in [0.5, 0.6) is 0 Å². The van der Waals surface area contributed by atoms with E-state index in [0.717, 1.165) is 22.8 Å². The minimum absolute atomic E-state index is 0.762. The first-order valence-corrected chi connectivity index (χ1v) is 6.99. The van der Waals surface area contributed by atoms with Gasteiger partial charge >= 0.3 is 0 Å². The highest BCUT2D eigenvalue weighted by Gasteiger charge is 2.16. The third kappa shape index (κ3) is 3.68. The summed E-state index contributed by atoms with van der Waals surface area (Å²) in [5.74, 6) is 0.762. The van der Waals surface area contributed by atoms with E-state index in [1.165, 1.54) is 31.5 Å². The molecule has 3 nitrogen and oxygen atoms in total. The van der Waals surface area contributed by atoms with E-state index >= 15 is 0 Å².